The van der Waals surface area contributed by atoms with Crippen LogP contribution in [-0.4, -0.2) is 35.6 Å². The summed E-state index contributed by atoms with van der Waals surface area (Å²) in [5.74, 6) is 1.20. The van der Waals surface area contributed by atoms with Crippen molar-refractivity contribution < 1.29 is 17.9 Å². The number of hydrogen-bond acceptors (Lipinski definition) is 5. The summed E-state index contributed by atoms with van der Waals surface area (Å²) in [5.41, 5.74) is 0.169. The number of ether oxygens (including phenoxy) is 1. The summed E-state index contributed by atoms with van der Waals surface area (Å²) in [7, 11) is 1.64. The van der Waals surface area contributed by atoms with Crippen LogP contribution in [0.4, 0.5) is 13.2 Å². The van der Waals surface area contributed by atoms with Gasteiger partial charge in [-0.2, -0.15) is 13.2 Å². The first-order valence-electron chi connectivity index (χ1n) is 10.0. The molecule has 0 bridgehead atoms. The molecule has 164 valence electrons. The first-order valence-corrected chi connectivity index (χ1v) is 10.9. The smallest absolute Gasteiger partial charge is 0.434 e. The van der Waals surface area contributed by atoms with Gasteiger partial charge in [0.15, 0.2) is 11.7 Å². The molecule has 1 saturated carbocycles. The number of aliphatic imine (C=N–C) groups is 1. The molecule has 6 nitrogen and oxygen atoms in total. The van der Waals surface area contributed by atoms with Gasteiger partial charge in [-0.15, -0.1) is 11.3 Å². The molecule has 0 unspecified atom stereocenters. The highest BCUT2D eigenvalue weighted by molar-refractivity contribution is 7.09. The second-order valence-electron chi connectivity index (χ2n) is 7.11. The van der Waals surface area contributed by atoms with Crippen molar-refractivity contribution in [3.8, 4) is 5.88 Å². The highest BCUT2D eigenvalue weighted by Crippen LogP contribution is 2.30. The fourth-order valence-corrected chi connectivity index (χ4v) is 4.03. The zero-order chi connectivity index (χ0) is 21.4. The van der Waals surface area contributed by atoms with Gasteiger partial charge in [0.25, 0.3) is 0 Å². The van der Waals surface area contributed by atoms with Gasteiger partial charge in [0.05, 0.1) is 5.01 Å². The molecule has 2 aromatic heterocycles. The number of alkyl halides is 3. The van der Waals surface area contributed by atoms with Gasteiger partial charge in [-0.1, -0.05) is 6.42 Å². The molecule has 2 aromatic rings. The molecule has 0 aromatic carbocycles. The van der Waals surface area contributed by atoms with Crippen molar-refractivity contribution in [3.63, 3.8) is 0 Å². The van der Waals surface area contributed by atoms with Crippen LogP contribution in [0.5, 0.6) is 5.88 Å². The Morgan fingerprint density at radius 1 is 1.27 bits per heavy atom. The van der Waals surface area contributed by atoms with E-state index in [0.717, 1.165) is 35.1 Å². The monoisotopic (exact) mass is 441 g/mol. The van der Waals surface area contributed by atoms with E-state index in [4.69, 9.17) is 4.74 Å². The second-order valence-corrected chi connectivity index (χ2v) is 8.05. The van der Waals surface area contributed by atoms with E-state index >= 15 is 0 Å². The van der Waals surface area contributed by atoms with E-state index in [1.165, 1.54) is 19.3 Å². The molecule has 0 spiro atoms. The second kappa shape index (κ2) is 10.6. The number of guanidine groups is 1. The van der Waals surface area contributed by atoms with Crippen molar-refractivity contribution >= 4 is 17.3 Å². The normalized spacial score (nSPS) is 15.8. The standard InChI is InChI=1S/C20H26F3N5OS/c1-24-19(26-10-8-18-28-16(13-30-18)20(21,22)23)27-12-14-7-9-25-17(11-14)29-15-5-3-2-4-6-15/h7,9,11,13,15H,2-6,8,10,12H2,1H3,(H2,24,26,27). The van der Waals surface area contributed by atoms with E-state index in [1.807, 2.05) is 12.1 Å². The van der Waals surface area contributed by atoms with E-state index in [2.05, 4.69) is 25.6 Å². The fraction of sp³-hybridized carbons (Fsp3) is 0.550. The SMILES string of the molecule is CN=C(NCCc1nc(C(F)(F)F)cs1)NCc1ccnc(OC2CCCCC2)c1. The Kier molecular flexibility index (Phi) is 7.89. The van der Waals surface area contributed by atoms with Crippen LogP contribution in [0.25, 0.3) is 0 Å². The van der Waals surface area contributed by atoms with Crippen LogP contribution in [0.15, 0.2) is 28.7 Å². The molecule has 10 heteroatoms. The van der Waals surface area contributed by atoms with E-state index in [-0.39, 0.29) is 6.10 Å². The van der Waals surface area contributed by atoms with Gasteiger partial charge in [-0.3, -0.25) is 4.99 Å². The van der Waals surface area contributed by atoms with Crippen molar-refractivity contribution in [2.24, 2.45) is 4.99 Å². The Hall–Kier alpha value is -2.36. The molecule has 0 amide bonds. The number of thiazole rings is 1. The summed E-state index contributed by atoms with van der Waals surface area (Å²) in [6.45, 7) is 0.954. The van der Waals surface area contributed by atoms with Gasteiger partial charge < -0.3 is 15.4 Å². The summed E-state index contributed by atoms with van der Waals surface area (Å²) < 4.78 is 43.8. The number of aromatic nitrogens is 2. The number of halogens is 3. The first-order chi connectivity index (χ1) is 14.4. The fourth-order valence-electron chi connectivity index (χ4n) is 3.23. The molecule has 1 fully saturated rings. The zero-order valence-corrected chi connectivity index (χ0v) is 17.7. The minimum absolute atomic E-state index is 0.243. The Bertz CT molecular complexity index is 834. The van der Waals surface area contributed by atoms with Gasteiger partial charge in [0.1, 0.15) is 6.10 Å². The maximum atomic E-state index is 12.6. The molecule has 1 aliphatic carbocycles. The lowest BCUT2D eigenvalue weighted by atomic mass is 9.98. The zero-order valence-electron chi connectivity index (χ0n) is 16.8. The third kappa shape index (κ3) is 6.86. The van der Waals surface area contributed by atoms with Crippen LogP contribution in [0.1, 0.15) is 48.4 Å². The molecule has 2 heterocycles. The summed E-state index contributed by atoms with van der Waals surface area (Å²) >= 11 is 1.01. The van der Waals surface area contributed by atoms with E-state index in [9.17, 15) is 13.2 Å². The minimum Gasteiger partial charge on any atom is -0.474 e. The predicted octanol–water partition coefficient (Wildman–Crippen LogP) is 4.18. The van der Waals surface area contributed by atoms with Gasteiger partial charge in [-0.25, -0.2) is 9.97 Å². The quantitative estimate of drug-likeness (QED) is 0.498. The van der Waals surface area contributed by atoms with Crippen molar-refractivity contribution in [1.82, 2.24) is 20.6 Å². The average molecular weight is 442 g/mol. The van der Waals surface area contributed by atoms with Crippen molar-refractivity contribution in [1.29, 1.82) is 0 Å². The lowest BCUT2D eigenvalue weighted by Crippen LogP contribution is -2.37. The lowest BCUT2D eigenvalue weighted by molar-refractivity contribution is -0.140. The number of nitrogens with zero attached hydrogens (tertiary/aromatic N) is 3. The number of hydrogen-bond donors (Lipinski definition) is 2. The molecule has 2 N–H and O–H groups in total. The van der Waals surface area contributed by atoms with Crippen LogP contribution in [0, 0.1) is 0 Å². The number of nitrogens with one attached hydrogen (secondary N) is 2. The molecular weight excluding hydrogens is 415 g/mol. The topological polar surface area (TPSA) is 71.4 Å². The molecule has 0 saturated heterocycles. The highest BCUT2D eigenvalue weighted by atomic mass is 32.1. The van der Waals surface area contributed by atoms with E-state index in [1.54, 1.807) is 13.2 Å². The summed E-state index contributed by atoms with van der Waals surface area (Å²) in [6, 6.07) is 3.82. The van der Waals surface area contributed by atoms with Gasteiger partial charge in [0.2, 0.25) is 5.88 Å². The Balaban J connectivity index is 1.43. The molecule has 0 atom stereocenters. The predicted molar refractivity (Wildman–Crippen MR) is 111 cm³/mol. The Morgan fingerprint density at radius 2 is 2.07 bits per heavy atom. The third-order valence-electron chi connectivity index (χ3n) is 4.80. The van der Waals surface area contributed by atoms with Crippen LogP contribution < -0.4 is 15.4 Å². The largest absolute Gasteiger partial charge is 0.474 e. The van der Waals surface area contributed by atoms with Gasteiger partial charge in [-0.05, 0) is 37.3 Å². The highest BCUT2D eigenvalue weighted by Gasteiger charge is 2.33. The van der Waals surface area contributed by atoms with Crippen LogP contribution >= 0.6 is 11.3 Å². The van der Waals surface area contributed by atoms with Gasteiger partial charge in [0, 0.05) is 44.2 Å². The Labute approximate surface area is 178 Å². The van der Waals surface area contributed by atoms with Crippen molar-refractivity contribution in [3.05, 3.63) is 40.0 Å². The summed E-state index contributed by atoms with van der Waals surface area (Å²) in [5, 5.41) is 7.76. The van der Waals surface area contributed by atoms with Gasteiger partial charge >= 0.3 is 6.18 Å². The maximum Gasteiger partial charge on any atom is 0.434 e. The number of rotatable bonds is 7. The minimum atomic E-state index is -4.40. The summed E-state index contributed by atoms with van der Waals surface area (Å²) in [6.07, 6.45) is 3.78. The van der Waals surface area contributed by atoms with E-state index < -0.39 is 11.9 Å². The number of pyridine rings is 1. The molecule has 30 heavy (non-hydrogen) atoms. The summed E-state index contributed by atoms with van der Waals surface area (Å²) in [4.78, 5) is 12.1. The molecule has 0 radical (unpaired) electrons. The first kappa shape index (κ1) is 22.3. The molecule has 0 aliphatic heterocycles. The van der Waals surface area contributed by atoms with E-state index in [0.29, 0.717) is 36.4 Å². The van der Waals surface area contributed by atoms with Crippen molar-refractivity contribution in [2.75, 3.05) is 13.6 Å². The Morgan fingerprint density at radius 3 is 2.77 bits per heavy atom. The maximum absolute atomic E-state index is 12.6. The van der Waals surface area contributed by atoms with Crippen LogP contribution in [0.3, 0.4) is 0 Å². The average Bonchev–Trinajstić information content (AvgIpc) is 3.21. The van der Waals surface area contributed by atoms with Crippen LogP contribution in [-0.2, 0) is 19.1 Å². The molecule has 3 rings (SSSR count). The van der Waals surface area contributed by atoms with Crippen molar-refractivity contribution in [2.45, 2.75) is 57.3 Å². The van der Waals surface area contributed by atoms with Crippen LogP contribution in [0.2, 0.25) is 0 Å². The molecule has 1 aliphatic rings. The molecular formula is C20H26F3N5OS. The third-order valence-corrected chi connectivity index (χ3v) is 5.70. The lowest BCUT2D eigenvalue weighted by Gasteiger charge is -2.22.